The van der Waals surface area contributed by atoms with Gasteiger partial charge < -0.3 is 29.9 Å². The summed E-state index contributed by atoms with van der Waals surface area (Å²) in [6, 6.07) is 0. The number of aliphatic hydroxyl groups excluding tert-OH is 4. The zero-order chi connectivity index (χ0) is 21.4. The van der Waals surface area contributed by atoms with Gasteiger partial charge in [0.2, 0.25) is 12.2 Å². The molecule has 0 radical (unpaired) electrons. The molecule has 1 fully saturated rings. The van der Waals surface area contributed by atoms with Crippen molar-refractivity contribution in [2.75, 3.05) is 39.3 Å². The molecule has 0 spiro atoms. The predicted octanol–water partition coefficient (Wildman–Crippen LogP) is -2.05. The SMILES string of the molecule is CC(O)CN(CC(C)O)CC1OC(=O)C(CN(CC(C)O)CC(C)O)OC1=O. The van der Waals surface area contributed by atoms with Crippen LogP contribution < -0.4 is 0 Å². The van der Waals surface area contributed by atoms with Crippen LogP contribution in [0.4, 0.5) is 0 Å². The number of aliphatic hydroxyl groups is 4. The highest BCUT2D eigenvalue weighted by molar-refractivity contribution is 5.87. The molecule has 0 aromatic rings. The Labute approximate surface area is 165 Å². The number of ether oxygens (including phenoxy) is 2. The average molecular weight is 406 g/mol. The number of rotatable bonds is 12. The molecule has 4 N–H and O–H groups in total. The fraction of sp³-hybridized carbons (Fsp3) is 0.889. The zero-order valence-corrected chi connectivity index (χ0v) is 17.0. The van der Waals surface area contributed by atoms with Gasteiger partial charge in [0, 0.05) is 39.3 Å². The van der Waals surface area contributed by atoms with Crippen molar-refractivity contribution in [3.8, 4) is 0 Å². The van der Waals surface area contributed by atoms with E-state index >= 15 is 0 Å². The summed E-state index contributed by atoms with van der Waals surface area (Å²) in [6.07, 6.45) is -5.04. The smallest absolute Gasteiger partial charge is 0.349 e. The maximum Gasteiger partial charge on any atom is 0.349 e. The summed E-state index contributed by atoms with van der Waals surface area (Å²) in [7, 11) is 0. The van der Waals surface area contributed by atoms with Crippen LogP contribution in [0.15, 0.2) is 0 Å². The molecule has 1 aliphatic heterocycles. The van der Waals surface area contributed by atoms with Crippen molar-refractivity contribution in [2.24, 2.45) is 0 Å². The minimum Gasteiger partial charge on any atom is -0.446 e. The van der Waals surface area contributed by atoms with Gasteiger partial charge in [0.25, 0.3) is 0 Å². The van der Waals surface area contributed by atoms with Crippen molar-refractivity contribution in [3.63, 3.8) is 0 Å². The Hall–Kier alpha value is -1.30. The van der Waals surface area contributed by atoms with Gasteiger partial charge in [-0.05, 0) is 27.7 Å². The Morgan fingerprint density at radius 1 is 0.679 bits per heavy atom. The van der Waals surface area contributed by atoms with Crippen molar-refractivity contribution >= 4 is 11.9 Å². The van der Waals surface area contributed by atoms with Gasteiger partial charge in [0.15, 0.2) is 0 Å². The van der Waals surface area contributed by atoms with E-state index in [9.17, 15) is 30.0 Å². The van der Waals surface area contributed by atoms with Crippen LogP contribution in [0.3, 0.4) is 0 Å². The van der Waals surface area contributed by atoms with E-state index in [4.69, 9.17) is 9.47 Å². The van der Waals surface area contributed by atoms with Crippen molar-refractivity contribution in [1.29, 1.82) is 0 Å². The molecule has 0 aliphatic carbocycles. The quantitative estimate of drug-likeness (QED) is 0.268. The third kappa shape index (κ3) is 9.26. The molecule has 10 heteroatoms. The predicted molar refractivity (Wildman–Crippen MR) is 99.4 cm³/mol. The number of carbonyl (C=O) groups is 2. The molecule has 6 atom stereocenters. The van der Waals surface area contributed by atoms with E-state index in [0.717, 1.165) is 0 Å². The van der Waals surface area contributed by atoms with Crippen molar-refractivity contribution in [2.45, 2.75) is 64.3 Å². The summed E-state index contributed by atoms with van der Waals surface area (Å²) < 4.78 is 10.5. The van der Waals surface area contributed by atoms with Gasteiger partial charge in [-0.1, -0.05) is 0 Å². The van der Waals surface area contributed by atoms with E-state index in [1.807, 2.05) is 0 Å². The number of hydrogen-bond acceptors (Lipinski definition) is 10. The number of cyclic esters (lactones) is 2. The first kappa shape index (κ1) is 24.7. The number of esters is 2. The molecule has 10 nitrogen and oxygen atoms in total. The second kappa shape index (κ2) is 11.6. The summed E-state index contributed by atoms with van der Waals surface area (Å²) in [6.45, 7) is 7.11. The van der Waals surface area contributed by atoms with Gasteiger partial charge in [-0.25, -0.2) is 9.59 Å². The van der Waals surface area contributed by atoms with Crippen LogP contribution in [-0.2, 0) is 19.1 Å². The second-order valence-electron chi connectivity index (χ2n) is 7.68. The van der Waals surface area contributed by atoms with Crippen LogP contribution in [0.25, 0.3) is 0 Å². The van der Waals surface area contributed by atoms with Crippen molar-refractivity contribution in [3.05, 3.63) is 0 Å². The molecular weight excluding hydrogens is 372 g/mol. The van der Waals surface area contributed by atoms with Crippen LogP contribution in [0.2, 0.25) is 0 Å². The Morgan fingerprint density at radius 3 is 1.14 bits per heavy atom. The average Bonchev–Trinajstić information content (AvgIpc) is 2.49. The van der Waals surface area contributed by atoms with E-state index in [0.29, 0.717) is 0 Å². The summed E-state index contributed by atoms with van der Waals surface area (Å²) in [4.78, 5) is 27.9. The van der Waals surface area contributed by atoms with Crippen LogP contribution >= 0.6 is 0 Å². The molecule has 6 unspecified atom stereocenters. The highest BCUT2D eigenvalue weighted by Gasteiger charge is 2.40. The Bertz CT molecular complexity index is 434. The van der Waals surface area contributed by atoms with Crippen LogP contribution in [-0.4, -0.2) is 118 Å². The molecule has 28 heavy (non-hydrogen) atoms. The third-order valence-corrected chi connectivity index (χ3v) is 3.98. The molecule has 1 rings (SSSR count). The van der Waals surface area contributed by atoms with Gasteiger partial charge in [0.05, 0.1) is 24.4 Å². The first-order valence-electron chi connectivity index (χ1n) is 9.55. The lowest BCUT2D eigenvalue weighted by molar-refractivity contribution is -0.198. The zero-order valence-electron chi connectivity index (χ0n) is 17.0. The first-order valence-corrected chi connectivity index (χ1v) is 9.55. The largest absolute Gasteiger partial charge is 0.446 e. The summed E-state index contributed by atoms with van der Waals surface area (Å²) >= 11 is 0. The van der Waals surface area contributed by atoms with Gasteiger partial charge in [-0.2, -0.15) is 0 Å². The number of nitrogens with zero attached hydrogens (tertiary/aromatic N) is 2. The standard InChI is InChI=1S/C18H34N2O8/c1-11(21)5-19(6-12(2)22)9-15-17(25)28-16(18(26)27-15)10-20(7-13(3)23)8-14(4)24/h11-16,21-24H,5-10H2,1-4H3. The molecule has 0 aromatic heterocycles. The van der Waals surface area contributed by atoms with Gasteiger partial charge >= 0.3 is 11.9 Å². The first-order chi connectivity index (χ1) is 13.0. The molecule has 1 saturated heterocycles. The number of hydrogen-bond donors (Lipinski definition) is 4. The normalized spacial score (nSPS) is 24.6. The highest BCUT2D eigenvalue weighted by Crippen LogP contribution is 2.15. The van der Waals surface area contributed by atoms with Gasteiger partial charge in [-0.3, -0.25) is 9.80 Å². The van der Waals surface area contributed by atoms with E-state index in [-0.39, 0.29) is 39.3 Å². The van der Waals surface area contributed by atoms with Crippen LogP contribution in [0.1, 0.15) is 27.7 Å². The summed E-state index contributed by atoms with van der Waals surface area (Å²) in [5.74, 6) is -1.42. The Kier molecular flexibility index (Phi) is 10.3. The topological polar surface area (TPSA) is 140 Å². The fourth-order valence-corrected chi connectivity index (χ4v) is 3.16. The molecule has 164 valence electrons. The van der Waals surface area contributed by atoms with Gasteiger partial charge in [0.1, 0.15) is 0 Å². The molecule has 0 amide bonds. The maximum atomic E-state index is 12.3. The lowest BCUT2D eigenvalue weighted by Crippen LogP contribution is -2.54. The third-order valence-electron chi connectivity index (χ3n) is 3.98. The summed E-state index contributed by atoms with van der Waals surface area (Å²) in [5, 5.41) is 38.3. The van der Waals surface area contributed by atoms with Crippen LogP contribution in [0.5, 0.6) is 0 Å². The lowest BCUT2D eigenvalue weighted by Gasteiger charge is -2.34. The Balaban J connectivity index is 2.71. The fourth-order valence-electron chi connectivity index (χ4n) is 3.16. The molecule has 1 heterocycles. The van der Waals surface area contributed by atoms with E-state index in [1.54, 1.807) is 37.5 Å². The molecule has 1 aliphatic rings. The molecule has 0 aromatic carbocycles. The van der Waals surface area contributed by atoms with Crippen LogP contribution in [0, 0.1) is 0 Å². The lowest BCUT2D eigenvalue weighted by atomic mass is 10.2. The summed E-state index contributed by atoms with van der Waals surface area (Å²) in [5.41, 5.74) is 0. The van der Waals surface area contributed by atoms with E-state index < -0.39 is 48.6 Å². The van der Waals surface area contributed by atoms with E-state index in [1.165, 1.54) is 0 Å². The minimum atomic E-state index is -1.15. The molecule has 0 saturated carbocycles. The molecule has 0 bridgehead atoms. The maximum absolute atomic E-state index is 12.3. The monoisotopic (exact) mass is 406 g/mol. The Morgan fingerprint density at radius 2 is 0.929 bits per heavy atom. The van der Waals surface area contributed by atoms with Crippen molar-refractivity contribution in [1.82, 2.24) is 9.80 Å². The minimum absolute atomic E-state index is 0.00183. The number of carbonyl (C=O) groups excluding carboxylic acids is 2. The van der Waals surface area contributed by atoms with Gasteiger partial charge in [-0.15, -0.1) is 0 Å². The van der Waals surface area contributed by atoms with E-state index in [2.05, 4.69) is 0 Å². The second-order valence-corrected chi connectivity index (χ2v) is 7.68. The molecular formula is C18H34N2O8. The highest BCUT2D eigenvalue weighted by atomic mass is 16.6. The van der Waals surface area contributed by atoms with Crippen molar-refractivity contribution < 1.29 is 39.5 Å².